The zero-order valence-electron chi connectivity index (χ0n) is 20.9. The summed E-state index contributed by atoms with van der Waals surface area (Å²) in [5.74, 6) is 1.12. The number of nitrogens with zero attached hydrogens (tertiary/aromatic N) is 3. The van der Waals surface area contributed by atoms with Crippen LogP contribution in [0.2, 0.25) is 0 Å². The summed E-state index contributed by atoms with van der Waals surface area (Å²) in [4.78, 5) is 17.6. The van der Waals surface area contributed by atoms with Gasteiger partial charge in [-0.05, 0) is 75.1 Å². The average Bonchev–Trinajstić information content (AvgIpc) is 3.19. The number of benzene rings is 2. The molecular formula is C28H29FN4O3. The maximum Gasteiger partial charge on any atom is 0.220 e. The topological polar surface area (TPSA) is 77.8 Å². The van der Waals surface area contributed by atoms with Gasteiger partial charge < -0.3 is 14.8 Å². The second kappa shape index (κ2) is 9.60. The van der Waals surface area contributed by atoms with Crippen molar-refractivity contribution in [1.82, 2.24) is 19.9 Å². The van der Waals surface area contributed by atoms with Crippen molar-refractivity contribution in [2.24, 2.45) is 0 Å². The molecule has 0 spiro atoms. The highest BCUT2D eigenvalue weighted by atomic mass is 19.1. The molecule has 0 fully saturated rings. The molecule has 0 aliphatic carbocycles. The van der Waals surface area contributed by atoms with E-state index in [-0.39, 0.29) is 17.8 Å². The van der Waals surface area contributed by atoms with Crippen LogP contribution in [0.1, 0.15) is 47.6 Å². The molecule has 2 aromatic heterocycles. The quantitative estimate of drug-likeness (QED) is 0.411. The predicted octanol–water partition coefficient (Wildman–Crippen LogP) is 5.04. The predicted molar refractivity (Wildman–Crippen MR) is 135 cm³/mol. The fourth-order valence-corrected chi connectivity index (χ4v) is 4.75. The summed E-state index contributed by atoms with van der Waals surface area (Å²) in [5, 5.41) is 7.78. The highest BCUT2D eigenvalue weighted by Crippen LogP contribution is 2.33. The Morgan fingerprint density at radius 2 is 1.78 bits per heavy atom. The Morgan fingerprint density at radius 3 is 2.53 bits per heavy atom. The summed E-state index contributed by atoms with van der Waals surface area (Å²) in [6.45, 7) is 8.90. The zero-order valence-corrected chi connectivity index (χ0v) is 20.9. The lowest BCUT2D eigenvalue weighted by molar-refractivity contribution is -0.121. The molecule has 36 heavy (non-hydrogen) atoms. The van der Waals surface area contributed by atoms with E-state index < -0.39 is 0 Å². The first-order chi connectivity index (χ1) is 17.3. The van der Waals surface area contributed by atoms with Crippen molar-refractivity contribution < 1.29 is 18.7 Å². The van der Waals surface area contributed by atoms with Crippen LogP contribution in [-0.4, -0.2) is 33.7 Å². The van der Waals surface area contributed by atoms with Gasteiger partial charge in [-0.1, -0.05) is 18.2 Å². The second-order valence-corrected chi connectivity index (χ2v) is 9.16. The number of carbonyl (C=O) groups excluding carboxylic acids is 1. The van der Waals surface area contributed by atoms with Gasteiger partial charge in [0.05, 0.1) is 11.7 Å². The van der Waals surface area contributed by atoms with Crippen LogP contribution in [0.3, 0.4) is 0 Å². The number of ether oxygens (including phenoxy) is 2. The first-order valence-corrected chi connectivity index (χ1v) is 12.1. The number of aryl methyl sites for hydroxylation is 3. The van der Waals surface area contributed by atoms with Crippen LogP contribution in [0.25, 0.3) is 16.8 Å². The van der Waals surface area contributed by atoms with Gasteiger partial charge in [-0.25, -0.2) is 13.9 Å². The summed E-state index contributed by atoms with van der Waals surface area (Å²) in [7, 11) is 0. The van der Waals surface area contributed by atoms with E-state index in [0.29, 0.717) is 31.8 Å². The van der Waals surface area contributed by atoms with E-state index in [1.807, 2.05) is 50.4 Å². The van der Waals surface area contributed by atoms with Gasteiger partial charge in [0.25, 0.3) is 0 Å². The molecule has 1 aliphatic heterocycles. The van der Waals surface area contributed by atoms with Crippen LogP contribution in [0.4, 0.5) is 4.39 Å². The van der Waals surface area contributed by atoms with Gasteiger partial charge in [-0.3, -0.25) is 4.79 Å². The van der Waals surface area contributed by atoms with Crippen LogP contribution < -0.4 is 14.8 Å². The number of hydrogen-bond donors (Lipinski definition) is 1. The van der Waals surface area contributed by atoms with Crippen LogP contribution in [-0.2, 0) is 11.2 Å². The summed E-state index contributed by atoms with van der Waals surface area (Å²) in [6.07, 6.45) is 0.875. The molecule has 0 radical (unpaired) electrons. The molecule has 2 aromatic carbocycles. The molecule has 0 saturated heterocycles. The average molecular weight is 489 g/mol. The Balaban J connectivity index is 1.32. The molecule has 1 N–H and O–H groups in total. The van der Waals surface area contributed by atoms with Crippen molar-refractivity contribution in [2.75, 3.05) is 13.2 Å². The standard InChI is InChI=1S/C28H29FN4O3/c1-16(21-7-11-24-25(15-21)36-14-13-35-24)30-26(34)12-10-23-17(2)31-28-27(18(3)32-33(28)19(23)4)20-5-8-22(29)9-6-20/h5-9,11,15-16H,10,12-14H2,1-4H3,(H,30,34)/t16-/m1/s1. The minimum absolute atomic E-state index is 0.0417. The van der Waals surface area contributed by atoms with Crippen LogP contribution in [0, 0.1) is 26.6 Å². The monoisotopic (exact) mass is 488 g/mol. The lowest BCUT2D eigenvalue weighted by atomic mass is 10.0. The number of aromatic nitrogens is 3. The number of amides is 1. The minimum Gasteiger partial charge on any atom is -0.486 e. The number of halogens is 1. The van der Waals surface area contributed by atoms with E-state index >= 15 is 0 Å². The van der Waals surface area contributed by atoms with Crippen molar-refractivity contribution in [2.45, 2.75) is 46.6 Å². The number of fused-ring (bicyclic) bond motifs is 2. The van der Waals surface area contributed by atoms with Crippen LogP contribution in [0.5, 0.6) is 11.5 Å². The summed E-state index contributed by atoms with van der Waals surface area (Å²) in [5.41, 5.74) is 7.07. The highest BCUT2D eigenvalue weighted by molar-refractivity contribution is 5.80. The molecule has 0 saturated carbocycles. The van der Waals surface area contributed by atoms with Gasteiger partial charge in [0, 0.05) is 23.4 Å². The third-order valence-electron chi connectivity index (χ3n) is 6.68. The van der Waals surface area contributed by atoms with Gasteiger partial charge in [0.15, 0.2) is 17.1 Å². The van der Waals surface area contributed by atoms with E-state index in [1.54, 1.807) is 12.1 Å². The third kappa shape index (κ3) is 4.51. The Morgan fingerprint density at radius 1 is 1.06 bits per heavy atom. The Labute approximate surface area is 209 Å². The van der Waals surface area contributed by atoms with Gasteiger partial charge in [0.1, 0.15) is 19.0 Å². The normalized spacial score (nSPS) is 13.6. The first kappa shape index (κ1) is 23.8. The molecule has 5 rings (SSSR count). The molecule has 186 valence electrons. The first-order valence-electron chi connectivity index (χ1n) is 12.1. The van der Waals surface area contributed by atoms with Crippen LogP contribution >= 0.6 is 0 Å². The SMILES string of the molecule is Cc1nc2c(-c3ccc(F)cc3)c(C)nn2c(C)c1CCC(=O)N[C@H](C)c1ccc2c(c1)OCCO2. The molecule has 0 bridgehead atoms. The Bertz CT molecular complexity index is 1450. The molecule has 1 aliphatic rings. The highest BCUT2D eigenvalue weighted by Gasteiger charge is 2.20. The molecule has 7 nitrogen and oxygen atoms in total. The second-order valence-electron chi connectivity index (χ2n) is 9.16. The number of carbonyl (C=O) groups is 1. The van der Waals surface area contributed by atoms with Crippen molar-refractivity contribution >= 4 is 11.6 Å². The Hall–Kier alpha value is -3.94. The summed E-state index contributed by atoms with van der Waals surface area (Å²) >= 11 is 0. The number of hydrogen-bond acceptors (Lipinski definition) is 5. The van der Waals surface area contributed by atoms with Crippen molar-refractivity contribution in [3.8, 4) is 22.6 Å². The van der Waals surface area contributed by atoms with Crippen molar-refractivity contribution in [1.29, 1.82) is 0 Å². The third-order valence-corrected chi connectivity index (χ3v) is 6.68. The maximum atomic E-state index is 13.4. The molecule has 1 atom stereocenters. The minimum atomic E-state index is -0.281. The molecule has 3 heterocycles. The molecule has 1 amide bonds. The fraction of sp³-hybridized carbons (Fsp3) is 0.321. The van der Waals surface area contributed by atoms with E-state index in [9.17, 15) is 9.18 Å². The number of nitrogens with one attached hydrogen (secondary N) is 1. The van der Waals surface area contributed by atoms with Gasteiger partial charge in [-0.2, -0.15) is 5.10 Å². The number of rotatable bonds is 6. The molecule has 8 heteroatoms. The Kier molecular flexibility index (Phi) is 6.35. The zero-order chi connectivity index (χ0) is 25.4. The van der Waals surface area contributed by atoms with Gasteiger partial charge in [0.2, 0.25) is 5.91 Å². The molecular weight excluding hydrogens is 459 g/mol. The maximum absolute atomic E-state index is 13.4. The van der Waals surface area contributed by atoms with E-state index in [1.165, 1.54) is 12.1 Å². The summed E-state index contributed by atoms with van der Waals surface area (Å²) < 4.78 is 26.5. The molecule has 0 unspecified atom stereocenters. The molecule has 4 aromatic rings. The van der Waals surface area contributed by atoms with Crippen molar-refractivity contribution in [3.05, 3.63) is 76.5 Å². The van der Waals surface area contributed by atoms with Gasteiger partial charge >= 0.3 is 0 Å². The fourth-order valence-electron chi connectivity index (χ4n) is 4.75. The van der Waals surface area contributed by atoms with E-state index in [0.717, 1.165) is 50.7 Å². The summed E-state index contributed by atoms with van der Waals surface area (Å²) in [6, 6.07) is 12.0. The lowest BCUT2D eigenvalue weighted by Gasteiger charge is -2.21. The largest absolute Gasteiger partial charge is 0.486 e. The van der Waals surface area contributed by atoms with Crippen LogP contribution in [0.15, 0.2) is 42.5 Å². The van der Waals surface area contributed by atoms with E-state index in [2.05, 4.69) is 5.32 Å². The van der Waals surface area contributed by atoms with Gasteiger partial charge in [-0.15, -0.1) is 0 Å². The van der Waals surface area contributed by atoms with Crippen molar-refractivity contribution in [3.63, 3.8) is 0 Å². The smallest absolute Gasteiger partial charge is 0.220 e. The lowest BCUT2D eigenvalue weighted by Crippen LogP contribution is -2.27. The van der Waals surface area contributed by atoms with E-state index in [4.69, 9.17) is 19.6 Å².